The summed E-state index contributed by atoms with van der Waals surface area (Å²) in [4.78, 5) is 2.15. The van der Waals surface area contributed by atoms with Gasteiger partial charge in [0.1, 0.15) is 5.76 Å². The second kappa shape index (κ2) is 6.57. The molecule has 0 aliphatic rings. The van der Waals surface area contributed by atoms with Crippen molar-refractivity contribution in [3.8, 4) is 0 Å². The molecule has 2 rings (SSSR count). The Bertz CT molecular complexity index is 544. The van der Waals surface area contributed by atoms with Gasteiger partial charge < -0.3 is 10.2 Å². The van der Waals surface area contributed by atoms with Crippen LogP contribution >= 0.6 is 27.5 Å². The Kier molecular flexibility index (Phi) is 5.05. The van der Waals surface area contributed by atoms with Gasteiger partial charge in [-0.15, -0.1) is 0 Å². The molecule has 1 aromatic carbocycles. The fourth-order valence-corrected chi connectivity index (χ4v) is 2.74. The van der Waals surface area contributed by atoms with Crippen molar-refractivity contribution in [1.29, 1.82) is 0 Å². The Labute approximate surface area is 126 Å². The summed E-state index contributed by atoms with van der Waals surface area (Å²) in [6.07, 6.45) is 1.66. The van der Waals surface area contributed by atoms with E-state index in [0.29, 0.717) is 6.54 Å². The first-order chi connectivity index (χ1) is 9.11. The van der Waals surface area contributed by atoms with E-state index in [4.69, 9.17) is 21.8 Å². The highest BCUT2D eigenvalue weighted by Gasteiger charge is 2.21. The molecule has 0 radical (unpaired) electrons. The van der Waals surface area contributed by atoms with E-state index in [2.05, 4.69) is 20.8 Å². The lowest BCUT2D eigenvalue weighted by molar-refractivity contribution is 0.212. The largest absolute Gasteiger partial charge is 0.466 e. The smallest absolute Gasteiger partial charge is 0.136 e. The first-order valence-electron chi connectivity index (χ1n) is 5.99. The van der Waals surface area contributed by atoms with Crippen molar-refractivity contribution in [1.82, 2.24) is 4.90 Å². The maximum Gasteiger partial charge on any atom is 0.136 e. The molecule has 0 saturated heterocycles. The van der Waals surface area contributed by atoms with Gasteiger partial charge in [0.25, 0.3) is 0 Å². The molecule has 3 nitrogen and oxygen atoms in total. The molecule has 19 heavy (non-hydrogen) atoms. The summed E-state index contributed by atoms with van der Waals surface area (Å²) < 4.78 is 6.45. The van der Waals surface area contributed by atoms with Crippen LogP contribution in [0.3, 0.4) is 0 Å². The first-order valence-corrected chi connectivity index (χ1v) is 7.16. The predicted octanol–water partition coefficient (Wildman–Crippen LogP) is 3.83. The van der Waals surface area contributed by atoms with Crippen LogP contribution in [0.1, 0.15) is 17.4 Å². The highest BCUT2D eigenvalue weighted by atomic mass is 79.9. The SMILES string of the molecule is CN(Cc1cccc(Cl)c1)C(CN)c1occc1Br. The molecule has 2 aromatic rings. The van der Waals surface area contributed by atoms with Crippen LogP contribution in [0.25, 0.3) is 0 Å². The zero-order valence-corrected chi connectivity index (χ0v) is 13.0. The van der Waals surface area contributed by atoms with Gasteiger partial charge in [0.2, 0.25) is 0 Å². The summed E-state index contributed by atoms with van der Waals surface area (Å²) in [6, 6.07) is 9.74. The summed E-state index contributed by atoms with van der Waals surface area (Å²) in [5.41, 5.74) is 7.02. The van der Waals surface area contributed by atoms with Crippen molar-refractivity contribution in [2.75, 3.05) is 13.6 Å². The van der Waals surface area contributed by atoms with Crippen LogP contribution in [0, 0.1) is 0 Å². The summed E-state index contributed by atoms with van der Waals surface area (Å²) >= 11 is 9.47. The van der Waals surface area contributed by atoms with Gasteiger partial charge in [-0.1, -0.05) is 23.7 Å². The molecule has 0 spiro atoms. The number of halogens is 2. The molecule has 0 aliphatic carbocycles. The average molecular weight is 344 g/mol. The van der Waals surface area contributed by atoms with Gasteiger partial charge in [0.15, 0.2) is 0 Å². The third-order valence-electron chi connectivity index (χ3n) is 3.02. The van der Waals surface area contributed by atoms with Crippen LogP contribution in [-0.4, -0.2) is 18.5 Å². The summed E-state index contributed by atoms with van der Waals surface area (Å²) in [5, 5.41) is 0.745. The van der Waals surface area contributed by atoms with Crippen molar-refractivity contribution in [3.05, 3.63) is 57.4 Å². The minimum atomic E-state index is 0.0309. The van der Waals surface area contributed by atoms with Crippen LogP contribution in [-0.2, 0) is 6.54 Å². The Hall–Kier alpha value is -0.810. The molecule has 0 saturated carbocycles. The van der Waals surface area contributed by atoms with Crippen LogP contribution < -0.4 is 5.73 Å². The van der Waals surface area contributed by atoms with E-state index in [1.165, 1.54) is 0 Å². The van der Waals surface area contributed by atoms with E-state index < -0.39 is 0 Å². The zero-order chi connectivity index (χ0) is 13.8. The van der Waals surface area contributed by atoms with E-state index in [-0.39, 0.29) is 6.04 Å². The molecular weight excluding hydrogens is 328 g/mol. The second-order valence-corrected chi connectivity index (χ2v) is 5.72. The van der Waals surface area contributed by atoms with Gasteiger partial charge in [-0.05, 0) is 46.7 Å². The van der Waals surface area contributed by atoms with Crippen LogP contribution in [0.5, 0.6) is 0 Å². The van der Waals surface area contributed by atoms with Crippen molar-refractivity contribution in [2.24, 2.45) is 5.73 Å². The monoisotopic (exact) mass is 342 g/mol. The molecule has 0 amide bonds. The third-order valence-corrected chi connectivity index (χ3v) is 3.91. The van der Waals surface area contributed by atoms with E-state index in [9.17, 15) is 0 Å². The number of nitrogens with zero attached hydrogens (tertiary/aromatic N) is 1. The molecule has 1 heterocycles. The number of rotatable bonds is 5. The van der Waals surface area contributed by atoms with Crippen molar-refractivity contribution in [2.45, 2.75) is 12.6 Å². The Morgan fingerprint density at radius 3 is 2.79 bits per heavy atom. The fraction of sp³-hybridized carbons (Fsp3) is 0.286. The zero-order valence-electron chi connectivity index (χ0n) is 10.6. The lowest BCUT2D eigenvalue weighted by Gasteiger charge is -2.25. The number of hydrogen-bond donors (Lipinski definition) is 1. The lowest BCUT2D eigenvalue weighted by Crippen LogP contribution is -2.30. The maximum absolute atomic E-state index is 6.00. The summed E-state index contributed by atoms with van der Waals surface area (Å²) in [7, 11) is 2.02. The van der Waals surface area contributed by atoms with Crippen molar-refractivity contribution >= 4 is 27.5 Å². The molecular formula is C14H16BrClN2O. The maximum atomic E-state index is 6.00. The van der Waals surface area contributed by atoms with Crippen LogP contribution in [0.2, 0.25) is 5.02 Å². The minimum Gasteiger partial charge on any atom is -0.466 e. The molecule has 102 valence electrons. The van der Waals surface area contributed by atoms with Crippen molar-refractivity contribution < 1.29 is 4.42 Å². The minimum absolute atomic E-state index is 0.0309. The Morgan fingerprint density at radius 2 is 2.21 bits per heavy atom. The van der Waals surface area contributed by atoms with E-state index in [1.807, 2.05) is 37.4 Å². The summed E-state index contributed by atoms with van der Waals surface area (Å²) in [5.74, 6) is 0.854. The van der Waals surface area contributed by atoms with Crippen LogP contribution in [0.4, 0.5) is 0 Å². The average Bonchev–Trinajstić information content (AvgIpc) is 2.77. The van der Waals surface area contributed by atoms with Gasteiger partial charge in [-0.25, -0.2) is 0 Å². The van der Waals surface area contributed by atoms with E-state index in [0.717, 1.165) is 27.4 Å². The van der Waals surface area contributed by atoms with E-state index >= 15 is 0 Å². The number of nitrogens with two attached hydrogens (primary N) is 1. The molecule has 1 aromatic heterocycles. The normalized spacial score (nSPS) is 12.9. The molecule has 5 heteroatoms. The molecule has 1 atom stereocenters. The number of benzene rings is 1. The molecule has 2 N–H and O–H groups in total. The Balaban J connectivity index is 2.14. The fourth-order valence-electron chi connectivity index (χ4n) is 2.06. The highest BCUT2D eigenvalue weighted by Crippen LogP contribution is 2.28. The van der Waals surface area contributed by atoms with Crippen LogP contribution in [0.15, 0.2) is 45.5 Å². The molecule has 1 unspecified atom stereocenters. The van der Waals surface area contributed by atoms with Gasteiger partial charge in [0, 0.05) is 18.1 Å². The third kappa shape index (κ3) is 3.60. The van der Waals surface area contributed by atoms with Gasteiger partial charge in [-0.2, -0.15) is 0 Å². The predicted molar refractivity (Wildman–Crippen MR) is 81.1 cm³/mol. The molecule has 0 fully saturated rings. The van der Waals surface area contributed by atoms with E-state index in [1.54, 1.807) is 6.26 Å². The first kappa shape index (κ1) is 14.6. The summed E-state index contributed by atoms with van der Waals surface area (Å²) in [6.45, 7) is 1.25. The number of hydrogen-bond acceptors (Lipinski definition) is 3. The van der Waals surface area contributed by atoms with Gasteiger partial charge in [-0.3, -0.25) is 4.90 Å². The number of furan rings is 1. The lowest BCUT2D eigenvalue weighted by atomic mass is 10.1. The standard InChI is InChI=1S/C14H16BrClN2O/c1-18(9-10-3-2-4-11(16)7-10)13(8-17)14-12(15)5-6-19-14/h2-7,13H,8-9,17H2,1H3. The number of likely N-dealkylation sites (N-methyl/N-ethyl adjacent to an activating group) is 1. The van der Waals surface area contributed by atoms with Crippen molar-refractivity contribution in [3.63, 3.8) is 0 Å². The molecule has 0 bridgehead atoms. The highest BCUT2D eigenvalue weighted by molar-refractivity contribution is 9.10. The topological polar surface area (TPSA) is 42.4 Å². The Morgan fingerprint density at radius 1 is 1.42 bits per heavy atom. The quantitative estimate of drug-likeness (QED) is 0.897. The van der Waals surface area contributed by atoms with Gasteiger partial charge in [0.05, 0.1) is 16.8 Å². The second-order valence-electron chi connectivity index (χ2n) is 4.43. The molecule has 0 aliphatic heterocycles. The van der Waals surface area contributed by atoms with Gasteiger partial charge >= 0.3 is 0 Å².